The Bertz CT molecular complexity index is 708. The molecule has 0 aliphatic heterocycles. The average Bonchev–Trinajstić information content (AvgIpc) is 2.53. The Morgan fingerprint density at radius 1 is 1.36 bits per heavy atom. The highest BCUT2D eigenvalue weighted by atomic mass is 79.9. The number of hydrogen-bond acceptors (Lipinski definition) is 4. The zero-order chi connectivity index (χ0) is 15.8. The Morgan fingerprint density at radius 2 is 2.14 bits per heavy atom. The molecule has 0 radical (unpaired) electrons. The summed E-state index contributed by atoms with van der Waals surface area (Å²) in [4.78, 5) is 15.5. The van der Waals surface area contributed by atoms with Gasteiger partial charge in [0.2, 0.25) is 0 Å². The third kappa shape index (κ3) is 5.11. The normalized spacial score (nSPS) is 9.50. The second kappa shape index (κ2) is 8.05. The molecule has 0 spiro atoms. The predicted molar refractivity (Wildman–Crippen MR) is 87.9 cm³/mol. The predicted octanol–water partition coefficient (Wildman–Crippen LogP) is 2.70. The van der Waals surface area contributed by atoms with Gasteiger partial charge >= 0.3 is 6.09 Å². The molecule has 0 aliphatic rings. The summed E-state index contributed by atoms with van der Waals surface area (Å²) in [5.41, 5.74) is 7.23. The Kier molecular flexibility index (Phi) is 5.81. The largest absolute Gasteiger partial charge is 0.445 e. The molecular formula is C16H14BrN3O2. The number of aromatic nitrogens is 1. The van der Waals surface area contributed by atoms with Gasteiger partial charge in [-0.1, -0.05) is 42.2 Å². The minimum absolute atomic E-state index is 0.166. The van der Waals surface area contributed by atoms with E-state index in [2.05, 4.69) is 38.1 Å². The molecule has 6 heteroatoms. The van der Waals surface area contributed by atoms with Crippen LogP contribution in [0.5, 0.6) is 0 Å². The maximum Gasteiger partial charge on any atom is 0.408 e. The number of carbonyl (C=O) groups is 1. The van der Waals surface area contributed by atoms with Crippen molar-refractivity contribution in [2.45, 2.75) is 6.61 Å². The summed E-state index contributed by atoms with van der Waals surface area (Å²) >= 11 is 3.30. The van der Waals surface area contributed by atoms with Crippen molar-refractivity contribution >= 4 is 27.8 Å². The molecule has 5 nitrogen and oxygen atoms in total. The van der Waals surface area contributed by atoms with Gasteiger partial charge in [-0.3, -0.25) is 0 Å². The van der Waals surface area contributed by atoms with Crippen molar-refractivity contribution in [3.05, 3.63) is 58.2 Å². The highest BCUT2D eigenvalue weighted by molar-refractivity contribution is 9.10. The lowest BCUT2D eigenvalue weighted by Gasteiger charge is -2.04. The second-order valence-corrected chi connectivity index (χ2v) is 5.22. The van der Waals surface area contributed by atoms with Crippen molar-refractivity contribution < 1.29 is 9.53 Å². The van der Waals surface area contributed by atoms with Crippen molar-refractivity contribution in [2.24, 2.45) is 0 Å². The van der Waals surface area contributed by atoms with E-state index in [9.17, 15) is 4.79 Å². The van der Waals surface area contributed by atoms with Crippen molar-refractivity contribution in [3.63, 3.8) is 0 Å². The smallest absolute Gasteiger partial charge is 0.408 e. The molecule has 0 fully saturated rings. The monoisotopic (exact) mass is 359 g/mol. The molecule has 112 valence electrons. The third-order valence-electron chi connectivity index (χ3n) is 2.64. The van der Waals surface area contributed by atoms with Crippen LogP contribution in [0.1, 0.15) is 11.1 Å². The molecule has 1 aromatic heterocycles. The summed E-state index contributed by atoms with van der Waals surface area (Å²) < 4.78 is 5.85. The second-order valence-electron chi connectivity index (χ2n) is 4.30. The van der Waals surface area contributed by atoms with Crippen molar-refractivity contribution in [3.8, 4) is 11.8 Å². The van der Waals surface area contributed by atoms with E-state index < -0.39 is 6.09 Å². The fourth-order valence-electron chi connectivity index (χ4n) is 1.58. The quantitative estimate of drug-likeness (QED) is 0.826. The van der Waals surface area contributed by atoms with Crippen molar-refractivity contribution in [1.29, 1.82) is 0 Å². The molecule has 2 aromatic rings. The van der Waals surface area contributed by atoms with Crippen molar-refractivity contribution in [1.82, 2.24) is 10.3 Å². The molecule has 0 aliphatic carbocycles. The first-order chi connectivity index (χ1) is 10.6. The fraction of sp³-hybridized carbons (Fsp3) is 0.125. The van der Waals surface area contributed by atoms with Gasteiger partial charge in [0, 0.05) is 10.7 Å². The highest BCUT2D eigenvalue weighted by Gasteiger charge is 2.01. The summed E-state index contributed by atoms with van der Waals surface area (Å²) in [6.07, 6.45) is 1.08. The van der Waals surface area contributed by atoms with Gasteiger partial charge in [0.1, 0.15) is 12.4 Å². The minimum atomic E-state index is -0.515. The molecule has 0 unspecified atom stereocenters. The van der Waals surface area contributed by atoms with E-state index >= 15 is 0 Å². The Hall–Kier alpha value is -2.52. The number of anilines is 1. The molecule has 0 bridgehead atoms. The van der Waals surface area contributed by atoms with Crippen LogP contribution in [-0.4, -0.2) is 17.6 Å². The van der Waals surface area contributed by atoms with Gasteiger partial charge in [0.05, 0.1) is 12.1 Å². The van der Waals surface area contributed by atoms with E-state index in [1.54, 1.807) is 12.3 Å². The molecular weight excluding hydrogens is 346 g/mol. The van der Waals surface area contributed by atoms with Gasteiger partial charge in [0.15, 0.2) is 0 Å². The number of benzene rings is 1. The number of ether oxygens (including phenoxy) is 1. The van der Waals surface area contributed by atoms with E-state index in [0.717, 1.165) is 10.0 Å². The topological polar surface area (TPSA) is 77.2 Å². The summed E-state index contributed by atoms with van der Waals surface area (Å²) in [5, 5.41) is 2.55. The molecule has 1 amide bonds. The Morgan fingerprint density at radius 3 is 2.91 bits per heavy atom. The van der Waals surface area contributed by atoms with Crippen molar-refractivity contribution in [2.75, 3.05) is 12.3 Å². The van der Waals surface area contributed by atoms with Crippen LogP contribution < -0.4 is 11.1 Å². The van der Waals surface area contributed by atoms with Crippen LogP contribution in [0.15, 0.2) is 47.1 Å². The fourth-order valence-corrected chi connectivity index (χ4v) is 1.91. The summed E-state index contributed by atoms with van der Waals surface area (Å²) in [7, 11) is 0. The van der Waals surface area contributed by atoms with Gasteiger partial charge < -0.3 is 15.8 Å². The van der Waals surface area contributed by atoms with Gasteiger partial charge in [0.25, 0.3) is 0 Å². The van der Waals surface area contributed by atoms with Crippen LogP contribution in [0.25, 0.3) is 0 Å². The van der Waals surface area contributed by atoms with Gasteiger partial charge in [-0.25, -0.2) is 9.78 Å². The lowest BCUT2D eigenvalue weighted by molar-refractivity contribution is 0.141. The number of nitrogens with one attached hydrogen (secondary N) is 1. The van der Waals surface area contributed by atoms with Gasteiger partial charge in [-0.05, 0) is 27.6 Å². The van der Waals surface area contributed by atoms with E-state index in [1.165, 1.54) is 0 Å². The summed E-state index contributed by atoms with van der Waals surface area (Å²) in [6.45, 7) is 0.391. The molecule has 1 aromatic carbocycles. The van der Waals surface area contributed by atoms with Crippen LogP contribution in [0.3, 0.4) is 0 Å². The molecule has 22 heavy (non-hydrogen) atoms. The molecule has 2 rings (SSSR count). The molecule has 1 heterocycles. The third-order valence-corrected chi connectivity index (χ3v) is 3.08. The number of alkyl carbamates (subject to hydrolysis) is 1. The number of nitrogen functional groups attached to an aromatic ring is 1. The van der Waals surface area contributed by atoms with Crippen LogP contribution >= 0.6 is 15.9 Å². The SMILES string of the molecule is Nc1ncc(Br)cc1C#CCNC(=O)OCc1ccccc1. The number of pyridine rings is 1. The molecule has 0 atom stereocenters. The number of amides is 1. The first kappa shape index (κ1) is 15.9. The Labute approximate surface area is 137 Å². The maximum absolute atomic E-state index is 11.5. The molecule has 3 N–H and O–H groups in total. The molecule has 0 saturated heterocycles. The van der Waals surface area contributed by atoms with Crippen LogP contribution in [-0.2, 0) is 11.3 Å². The van der Waals surface area contributed by atoms with Crippen LogP contribution in [0.2, 0.25) is 0 Å². The molecule has 0 saturated carbocycles. The average molecular weight is 360 g/mol. The zero-order valence-corrected chi connectivity index (χ0v) is 13.3. The number of nitrogens with two attached hydrogens (primary N) is 1. The van der Waals surface area contributed by atoms with E-state index in [1.807, 2.05) is 30.3 Å². The number of hydrogen-bond donors (Lipinski definition) is 2. The van der Waals surface area contributed by atoms with E-state index in [0.29, 0.717) is 11.4 Å². The highest BCUT2D eigenvalue weighted by Crippen LogP contribution is 2.13. The summed E-state index contributed by atoms with van der Waals surface area (Å²) in [6, 6.07) is 11.2. The number of rotatable bonds is 3. The van der Waals surface area contributed by atoms with Crippen LogP contribution in [0, 0.1) is 11.8 Å². The number of carbonyl (C=O) groups excluding carboxylic acids is 1. The zero-order valence-electron chi connectivity index (χ0n) is 11.7. The minimum Gasteiger partial charge on any atom is -0.445 e. The van der Waals surface area contributed by atoms with Crippen LogP contribution in [0.4, 0.5) is 10.6 Å². The lowest BCUT2D eigenvalue weighted by Crippen LogP contribution is -2.24. The number of halogens is 1. The maximum atomic E-state index is 11.5. The first-order valence-corrected chi connectivity index (χ1v) is 7.29. The van der Waals surface area contributed by atoms with E-state index in [4.69, 9.17) is 10.5 Å². The summed E-state index contributed by atoms with van der Waals surface area (Å²) in [5.74, 6) is 5.99. The van der Waals surface area contributed by atoms with Gasteiger partial charge in [-0.15, -0.1) is 0 Å². The van der Waals surface area contributed by atoms with Gasteiger partial charge in [-0.2, -0.15) is 0 Å². The first-order valence-electron chi connectivity index (χ1n) is 6.49. The number of nitrogens with zero attached hydrogens (tertiary/aromatic N) is 1. The van der Waals surface area contributed by atoms with E-state index in [-0.39, 0.29) is 13.2 Å². The lowest BCUT2D eigenvalue weighted by atomic mass is 10.2. The standard InChI is InChI=1S/C16H14BrN3O2/c17-14-9-13(15(18)20-10-14)7-4-8-19-16(21)22-11-12-5-2-1-3-6-12/h1-3,5-6,9-10H,8,11H2,(H2,18,20)(H,19,21). The Balaban J connectivity index is 1.78.